The third-order valence-corrected chi connectivity index (χ3v) is 7.01. The largest absolute Gasteiger partial charge is 0.393 e. The van der Waals surface area contributed by atoms with Crippen molar-refractivity contribution < 1.29 is 15.0 Å². The van der Waals surface area contributed by atoms with Gasteiger partial charge in [0.25, 0.3) is 0 Å². The Balaban J connectivity index is 1.69. The molecule has 0 aromatic heterocycles. The number of benzene rings is 1. The fourth-order valence-corrected chi connectivity index (χ4v) is 5.53. The lowest BCUT2D eigenvalue weighted by atomic mass is 9.64. The first-order valence-electron chi connectivity index (χ1n) is 10.4. The van der Waals surface area contributed by atoms with E-state index in [1.807, 2.05) is 12.1 Å². The van der Waals surface area contributed by atoms with Gasteiger partial charge in [0.05, 0.1) is 12.2 Å². The van der Waals surface area contributed by atoms with Crippen LogP contribution in [0.25, 0.3) is 0 Å². The zero-order chi connectivity index (χ0) is 18.7. The van der Waals surface area contributed by atoms with Gasteiger partial charge in [0.15, 0.2) is 0 Å². The first-order valence-corrected chi connectivity index (χ1v) is 10.4. The van der Waals surface area contributed by atoms with Gasteiger partial charge in [-0.3, -0.25) is 4.79 Å². The summed E-state index contributed by atoms with van der Waals surface area (Å²) in [5.41, 5.74) is 3.34. The summed E-state index contributed by atoms with van der Waals surface area (Å²) in [6.45, 7) is 4.46. The van der Waals surface area contributed by atoms with Crippen LogP contribution in [0.5, 0.6) is 0 Å². The van der Waals surface area contributed by atoms with Gasteiger partial charge in [0.2, 0.25) is 0 Å². The Morgan fingerprint density at radius 2 is 2.12 bits per heavy atom. The molecule has 26 heavy (non-hydrogen) atoms. The summed E-state index contributed by atoms with van der Waals surface area (Å²) >= 11 is 0. The average molecular weight is 359 g/mol. The van der Waals surface area contributed by atoms with E-state index in [0.29, 0.717) is 5.92 Å². The van der Waals surface area contributed by atoms with Gasteiger partial charge in [-0.15, -0.1) is 0 Å². The molecule has 0 bridgehead atoms. The Bertz CT molecular complexity index is 626. The maximum atomic E-state index is 11.4. The molecule has 0 aliphatic heterocycles. The van der Waals surface area contributed by atoms with Crippen molar-refractivity contribution in [2.75, 3.05) is 0 Å². The summed E-state index contributed by atoms with van der Waals surface area (Å²) in [5.74, 6) is 0.698. The summed E-state index contributed by atoms with van der Waals surface area (Å²) in [6, 6.07) is 6.03. The van der Waals surface area contributed by atoms with Crippen LogP contribution >= 0.6 is 0 Å². The molecule has 3 nitrogen and oxygen atoms in total. The van der Waals surface area contributed by atoms with Gasteiger partial charge in [-0.1, -0.05) is 51.3 Å². The van der Waals surface area contributed by atoms with Gasteiger partial charge in [-0.25, -0.2) is 0 Å². The lowest BCUT2D eigenvalue weighted by Gasteiger charge is -2.40. The molecule has 0 heterocycles. The molecule has 2 N–H and O–H groups in total. The minimum atomic E-state index is -0.290. The zero-order valence-electron chi connectivity index (χ0n) is 16.3. The van der Waals surface area contributed by atoms with E-state index in [4.69, 9.17) is 0 Å². The van der Waals surface area contributed by atoms with E-state index in [1.165, 1.54) is 24.0 Å². The quantitative estimate of drug-likeness (QED) is 0.537. The van der Waals surface area contributed by atoms with Crippen molar-refractivity contribution in [1.82, 2.24) is 0 Å². The van der Waals surface area contributed by atoms with Crippen LogP contribution in [-0.4, -0.2) is 28.7 Å². The molecule has 0 radical (unpaired) electrons. The lowest BCUT2D eigenvalue weighted by molar-refractivity contribution is 0.0852. The highest BCUT2D eigenvalue weighted by Gasteiger charge is 2.51. The molecule has 0 unspecified atom stereocenters. The summed E-state index contributed by atoms with van der Waals surface area (Å²) in [5, 5.41) is 21.1. The topological polar surface area (TPSA) is 57.5 Å². The third-order valence-electron chi connectivity index (χ3n) is 7.01. The van der Waals surface area contributed by atoms with Crippen molar-refractivity contribution in [3.05, 3.63) is 34.9 Å². The molecular weight excluding hydrogens is 324 g/mol. The molecule has 0 amide bonds. The first kappa shape index (κ1) is 19.6. The highest BCUT2D eigenvalue weighted by Crippen LogP contribution is 2.55. The molecule has 2 aliphatic rings. The average Bonchev–Trinajstić information content (AvgIpc) is 2.86. The maximum Gasteiger partial charge on any atom is 0.150 e. The fourth-order valence-electron chi connectivity index (χ4n) is 5.53. The second kappa shape index (κ2) is 8.22. The van der Waals surface area contributed by atoms with Gasteiger partial charge < -0.3 is 10.2 Å². The zero-order valence-corrected chi connectivity index (χ0v) is 16.3. The molecule has 2 aliphatic carbocycles. The number of unbranched alkanes of at least 4 members (excludes halogenated alkanes) is 2. The molecule has 144 valence electrons. The van der Waals surface area contributed by atoms with E-state index in [-0.39, 0.29) is 23.5 Å². The van der Waals surface area contributed by atoms with Crippen molar-refractivity contribution in [1.29, 1.82) is 0 Å². The summed E-state index contributed by atoms with van der Waals surface area (Å²) in [4.78, 5) is 11.4. The van der Waals surface area contributed by atoms with Gasteiger partial charge in [-0.2, -0.15) is 0 Å². The van der Waals surface area contributed by atoms with E-state index in [2.05, 4.69) is 19.9 Å². The summed E-state index contributed by atoms with van der Waals surface area (Å²) in [7, 11) is 0. The number of aldehydes is 1. The Morgan fingerprint density at radius 1 is 1.31 bits per heavy atom. The van der Waals surface area contributed by atoms with E-state index >= 15 is 0 Å². The molecule has 1 fully saturated rings. The number of fused-ring (bicyclic) bond motifs is 2. The number of hydrogen-bond acceptors (Lipinski definition) is 3. The predicted molar refractivity (Wildman–Crippen MR) is 104 cm³/mol. The van der Waals surface area contributed by atoms with E-state index in [1.54, 1.807) is 0 Å². The summed E-state index contributed by atoms with van der Waals surface area (Å²) in [6.07, 6.45) is 9.10. The van der Waals surface area contributed by atoms with Gasteiger partial charge in [0.1, 0.15) is 6.29 Å². The summed E-state index contributed by atoms with van der Waals surface area (Å²) < 4.78 is 0. The van der Waals surface area contributed by atoms with Crippen LogP contribution in [0.2, 0.25) is 0 Å². The number of carbonyl (C=O) groups is 1. The third kappa shape index (κ3) is 3.89. The van der Waals surface area contributed by atoms with E-state index in [9.17, 15) is 15.0 Å². The van der Waals surface area contributed by atoms with Crippen LogP contribution in [0.4, 0.5) is 0 Å². The van der Waals surface area contributed by atoms with Crippen LogP contribution in [0.15, 0.2) is 18.2 Å². The number of aliphatic hydroxyl groups is 2. The Hall–Kier alpha value is -1.19. The first-order chi connectivity index (χ1) is 12.5. The minimum absolute atomic E-state index is 0.0589. The van der Waals surface area contributed by atoms with Crippen LogP contribution in [-0.2, 0) is 12.8 Å². The van der Waals surface area contributed by atoms with Crippen molar-refractivity contribution in [3.63, 3.8) is 0 Å². The highest BCUT2D eigenvalue weighted by atomic mass is 16.3. The number of carbonyl (C=O) groups excluding carboxylic acids is 1. The molecule has 1 saturated carbocycles. The monoisotopic (exact) mass is 358 g/mol. The van der Waals surface area contributed by atoms with Crippen LogP contribution in [0.1, 0.15) is 80.3 Å². The molecule has 0 spiro atoms. The minimum Gasteiger partial charge on any atom is -0.393 e. The standard InChI is InChI=1S/C23H34O3/c1-3-4-5-9-18(25)10-11-19-21-12-16-7-6-8-17(15-24)20(16)13-23(21,2)14-22(19)26/h6-8,15,18-19,21-22,25-26H,3-5,9-14H2,1-2H3/t18-,19+,21+,22+,23-/m0/s1. The van der Waals surface area contributed by atoms with Gasteiger partial charge in [0, 0.05) is 5.56 Å². The number of aliphatic hydroxyl groups excluding tert-OH is 2. The van der Waals surface area contributed by atoms with Crippen molar-refractivity contribution in [3.8, 4) is 0 Å². The van der Waals surface area contributed by atoms with Crippen molar-refractivity contribution in [2.45, 2.75) is 83.8 Å². The fraction of sp³-hybridized carbons (Fsp3) is 0.696. The molecule has 1 aromatic rings. The van der Waals surface area contributed by atoms with Crippen LogP contribution in [0, 0.1) is 17.3 Å². The molecule has 3 heteroatoms. The maximum absolute atomic E-state index is 11.4. The van der Waals surface area contributed by atoms with Gasteiger partial charge >= 0.3 is 0 Å². The number of rotatable bonds is 8. The van der Waals surface area contributed by atoms with E-state index < -0.39 is 0 Å². The van der Waals surface area contributed by atoms with Gasteiger partial charge in [-0.05, 0) is 66.9 Å². The van der Waals surface area contributed by atoms with E-state index in [0.717, 1.165) is 56.8 Å². The Kier molecular flexibility index (Phi) is 6.19. The highest BCUT2D eigenvalue weighted by molar-refractivity contribution is 5.78. The second-order valence-corrected chi connectivity index (χ2v) is 8.91. The SMILES string of the molecule is CCCCC[C@H](O)CC[C@H]1[C@H](O)C[C@]2(C)Cc3c(C=O)cccc3C[C@H]12. The Morgan fingerprint density at radius 3 is 2.85 bits per heavy atom. The predicted octanol–water partition coefficient (Wildman–Crippen LogP) is 4.32. The molecular formula is C23H34O3. The molecule has 3 rings (SSSR count). The molecule has 1 aromatic carbocycles. The van der Waals surface area contributed by atoms with Crippen molar-refractivity contribution >= 4 is 6.29 Å². The van der Waals surface area contributed by atoms with Crippen LogP contribution in [0.3, 0.4) is 0 Å². The lowest BCUT2D eigenvalue weighted by Crippen LogP contribution is -2.35. The molecule has 5 atom stereocenters. The normalized spacial score (nSPS) is 31.3. The smallest absolute Gasteiger partial charge is 0.150 e. The number of hydrogen-bond donors (Lipinski definition) is 2. The van der Waals surface area contributed by atoms with Crippen molar-refractivity contribution in [2.24, 2.45) is 17.3 Å². The second-order valence-electron chi connectivity index (χ2n) is 8.91. The van der Waals surface area contributed by atoms with Crippen LogP contribution < -0.4 is 0 Å². The Labute approximate surface area is 157 Å². The molecule has 0 saturated heterocycles.